The van der Waals surface area contributed by atoms with Gasteiger partial charge in [0.05, 0.1) is 5.69 Å². The largest absolute Gasteiger partial charge is 0.369 e. The number of fused-ring (bicyclic) bond motifs is 1. The normalized spacial score (nSPS) is 13.2. The molecule has 1 aliphatic heterocycles. The Hall–Kier alpha value is -2.00. The highest BCUT2D eigenvalue weighted by atomic mass is 35.5. The van der Waals surface area contributed by atoms with E-state index in [9.17, 15) is 0 Å². The average molecular weight is 302 g/mol. The zero-order chi connectivity index (χ0) is 14.1. The second-order valence-corrected chi connectivity index (χ2v) is 5.33. The van der Waals surface area contributed by atoms with Crippen molar-refractivity contribution < 1.29 is 0 Å². The van der Waals surface area contributed by atoms with Gasteiger partial charge in [0.15, 0.2) is 5.96 Å². The van der Waals surface area contributed by atoms with Gasteiger partial charge in [-0.2, -0.15) is 0 Å². The van der Waals surface area contributed by atoms with E-state index >= 15 is 0 Å². The molecule has 2 aromatic rings. The lowest BCUT2D eigenvalue weighted by molar-refractivity contribution is 0.394. The van der Waals surface area contributed by atoms with Gasteiger partial charge in [0.2, 0.25) is 0 Å². The third-order valence-electron chi connectivity index (χ3n) is 3.91. The Morgan fingerprint density at radius 2 is 1.71 bits per heavy atom. The Kier molecular flexibility index (Phi) is 4.53. The first-order valence-electron chi connectivity index (χ1n) is 6.87. The first kappa shape index (κ1) is 15.4. The molecule has 2 aromatic carbocycles. The van der Waals surface area contributed by atoms with Crippen LogP contribution in [0.4, 0.5) is 5.69 Å². The molecule has 0 fully saturated rings. The van der Waals surface area contributed by atoms with Crippen LogP contribution in [0.3, 0.4) is 0 Å². The number of benzene rings is 2. The molecule has 4 heteroatoms. The van der Waals surface area contributed by atoms with Crippen molar-refractivity contribution in [3.05, 3.63) is 64.7 Å². The number of guanidine groups is 1. The summed E-state index contributed by atoms with van der Waals surface area (Å²) < 4.78 is 0. The fourth-order valence-electron chi connectivity index (χ4n) is 2.66. The Morgan fingerprint density at radius 1 is 1.05 bits per heavy atom. The van der Waals surface area contributed by atoms with Crippen LogP contribution in [0.5, 0.6) is 0 Å². The quantitative estimate of drug-likeness (QED) is 0.919. The molecule has 0 atom stereocenters. The summed E-state index contributed by atoms with van der Waals surface area (Å²) in [4.78, 5) is 6.64. The van der Waals surface area contributed by atoms with Gasteiger partial charge in [-0.1, -0.05) is 36.4 Å². The number of rotatable bonds is 2. The molecule has 2 N–H and O–H groups in total. The second-order valence-electron chi connectivity index (χ2n) is 5.33. The number of aryl methyl sites for hydroxylation is 2. The van der Waals surface area contributed by atoms with Crippen molar-refractivity contribution in [2.75, 3.05) is 0 Å². The molecule has 0 amide bonds. The van der Waals surface area contributed by atoms with Crippen molar-refractivity contribution in [3.63, 3.8) is 0 Å². The van der Waals surface area contributed by atoms with Crippen molar-refractivity contribution in [1.82, 2.24) is 4.90 Å². The minimum absolute atomic E-state index is 0. The molecule has 1 heterocycles. The Labute approximate surface area is 131 Å². The smallest absolute Gasteiger partial charge is 0.197 e. The molecule has 0 aliphatic carbocycles. The predicted molar refractivity (Wildman–Crippen MR) is 90.1 cm³/mol. The third kappa shape index (κ3) is 3.03. The molecule has 0 saturated heterocycles. The molecule has 1 aliphatic rings. The SMILES string of the molecule is Cc1cccc(C)c1CN1Cc2ccccc2N=C1N.Cl. The number of nitrogens with zero attached hydrogens (tertiary/aromatic N) is 2. The molecule has 0 radical (unpaired) electrons. The van der Waals surface area contributed by atoms with Crippen molar-refractivity contribution >= 4 is 24.1 Å². The maximum Gasteiger partial charge on any atom is 0.197 e. The van der Waals surface area contributed by atoms with Gasteiger partial charge in [-0.15, -0.1) is 12.4 Å². The van der Waals surface area contributed by atoms with E-state index in [-0.39, 0.29) is 12.4 Å². The summed E-state index contributed by atoms with van der Waals surface area (Å²) in [7, 11) is 0. The number of hydrogen-bond donors (Lipinski definition) is 1. The minimum atomic E-state index is 0. The fraction of sp³-hybridized carbons (Fsp3) is 0.235. The van der Waals surface area contributed by atoms with Crippen LogP contribution in [0.25, 0.3) is 0 Å². The molecule has 110 valence electrons. The summed E-state index contributed by atoms with van der Waals surface area (Å²) in [6.45, 7) is 5.92. The average Bonchev–Trinajstić information content (AvgIpc) is 2.43. The molecule has 0 bridgehead atoms. The maximum absolute atomic E-state index is 6.12. The highest BCUT2D eigenvalue weighted by molar-refractivity contribution is 5.85. The van der Waals surface area contributed by atoms with Gasteiger partial charge >= 0.3 is 0 Å². The Balaban J connectivity index is 0.00000161. The van der Waals surface area contributed by atoms with E-state index in [1.54, 1.807) is 0 Å². The molecule has 0 unspecified atom stereocenters. The highest BCUT2D eigenvalue weighted by Crippen LogP contribution is 2.26. The summed E-state index contributed by atoms with van der Waals surface area (Å²) in [6, 6.07) is 14.6. The molecule has 0 saturated carbocycles. The summed E-state index contributed by atoms with van der Waals surface area (Å²) in [5.74, 6) is 0.603. The van der Waals surface area contributed by atoms with E-state index < -0.39 is 0 Å². The summed E-state index contributed by atoms with van der Waals surface area (Å²) in [5.41, 5.74) is 12.3. The van der Waals surface area contributed by atoms with E-state index in [0.717, 1.165) is 18.8 Å². The van der Waals surface area contributed by atoms with Gasteiger partial charge in [-0.25, -0.2) is 4.99 Å². The fourth-order valence-corrected chi connectivity index (χ4v) is 2.66. The highest BCUT2D eigenvalue weighted by Gasteiger charge is 2.18. The van der Waals surface area contributed by atoms with E-state index in [2.05, 4.69) is 48.0 Å². The standard InChI is InChI=1S/C17H19N3.ClH/c1-12-6-5-7-13(2)15(12)11-20-10-14-8-3-4-9-16(14)19-17(20)18;/h3-9H,10-11H2,1-2H3,(H2,18,19);1H. The zero-order valence-corrected chi connectivity index (χ0v) is 13.2. The topological polar surface area (TPSA) is 41.6 Å². The molecule has 3 nitrogen and oxygen atoms in total. The van der Waals surface area contributed by atoms with Gasteiger partial charge < -0.3 is 10.6 Å². The molecule has 0 aromatic heterocycles. The number of nitrogens with two attached hydrogens (primary N) is 1. The Bertz CT molecular complexity index is 659. The van der Waals surface area contributed by atoms with E-state index in [1.165, 1.54) is 22.3 Å². The maximum atomic E-state index is 6.12. The molecule has 0 spiro atoms. The van der Waals surface area contributed by atoms with Crippen molar-refractivity contribution in [2.24, 2.45) is 10.7 Å². The van der Waals surface area contributed by atoms with Crippen molar-refractivity contribution in [2.45, 2.75) is 26.9 Å². The first-order chi connectivity index (χ1) is 9.65. The number of para-hydroxylation sites is 1. The lowest BCUT2D eigenvalue weighted by Gasteiger charge is -2.29. The third-order valence-corrected chi connectivity index (χ3v) is 3.91. The van der Waals surface area contributed by atoms with Crippen molar-refractivity contribution in [3.8, 4) is 0 Å². The second kappa shape index (κ2) is 6.19. The lowest BCUT2D eigenvalue weighted by Crippen LogP contribution is -2.38. The van der Waals surface area contributed by atoms with Crippen LogP contribution in [0.15, 0.2) is 47.5 Å². The predicted octanol–water partition coefficient (Wildman–Crippen LogP) is 3.69. The van der Waals surface area contributed by atoms with Crippen molar-refractivity contribution in [1.29, 1.82) is 0 Å². The van der Waals surface area contributed by atoms with Crippen LogP contribution in [0, 0.1) is 13.8 Å². The van der Waals surface area contributed by atoms with E-state index in [4.69, 9.17) is 5.73 Å². The Morgan fingerprint density at radius 3 is 2.43 bits per heavy atom. The van der Waals surface area contributed by atoms with Crippen LogP contribution in [-0.4, -0.2) is 10.9 Å². The summed E-state index contributed by atoms with van der Waals surface area (Å²) >= 11 is 0. The summed E-state index contributed by atoms with van der Waals surface area (Å²) in [5, 5.41) is 0. The summed E-state index contributed by atoms with van der Waals surface area (Å²) in [6.07, 6.45) is 0. The number of hydrogen-bond acceptors (Lipinski definition) is 3. The number of aliphatic imine (C=N–C) groups is 1. The zero-order valence-electron chi connectivity index (χ0n) is 12.3. The minimum Gasteiger partial charge on any atom is -0.369 e. The van der Waals surface area contributed by atoms with Crippen LogP contribution in [0.2, 0.25) is 0 Å². The van der Waals surface area contributed by atoms with Crippen LogP contribution in [0.1, 0.15) is 22.3 Å². The molecular weight excluding hydrogens is 282 g/mol. The molecule has 3 rings (SSSR count). The van der Waals surface area contributed by atoms with Crippen LogP contribution < -0.4 is 5.73 Å². The number of halogens is 1. The van der Waals surface area contributed by atoms with Gasteiger partial charge in [-0.3, -0.25) is 0 Å². The van der Waals surface area contributed by atoms with Gasteiger partial charge in [0, 0.05) is 13.1 Å². The van der Waals surface area contributed by atoms with Gasteiger partial charge in [0.1, 0.15) is 0 Å². The van der Waals surface area contributed by atoms with E-state index in [1.807, 2.05) is 18.2 Å². The molecular formula is C17H20ClN3. The van der Waals surface area contributed by atoms with Gasteiger partial charge in [0.25, 0.3) is 0 Å². The van der Waals surface area contributed by atoms with E-state index in [0.29, 0.717) is 5.96 Å². The van der Waals surface area contributed by atoms with Crippen LogP contribution in [-0.2, 0) is 13.1 Å². The van der Waals surface area contributed by atoms with Gasteiger partial charge in [-0.05, 0) is 42.2 Å². The lowest BCUT2D eigenvalue weighted by atomic mass is 10.0. The van der Waals surface area contributed by atoms with Crippen LogP contribution >= 0.6 is 12.4 Å². The molecule has 21 heavy (non-hydrogen) atoms. The first-order valence-corrected chi connectivity index (χ1v) is 6.87. The monoisotopic (exact) mass is 301 g/mol.